The Labute approximate surface area is 121 Å². The van der Waals surface area contributed by atoms with Crippen LogP contribution in [0.5, 0.6) is 11.6 Å². The Kier molecular flexibility index (Phi) is 3.24. The number of rotatable bonds is 2. The van der Waals surface area contributed by atoms with Gasteiger partial charge < -0.3 is 4.74 Å². The maximum atomic E-state index is 5.84. The summed E-state index contributed by atoms with van der Waals surface area (Å²) >= 11 is 5.84. The molecule has 0 saturated heterocycles. The van der Waals surface area contributed by atoms with Crippen molar-refractivity contribution in [1.29, 1.82) is 0 Å². The summed E-state index contributed by atoms with van der Waals surface area (Å²) in [7, 11) is 0. The van der Waals surface area contributed by atoms with Gasteiger partial charge in [-0.3, -0.25) is 0 Å². The molecule has 0 fully saturated rings. The molecule has 0 bridgehead atoms. The second kappa shape index (κ2) is 5.06. The summed E-state index contributed by atoms with van der Waals surface area (Å²) in [6, 6.07) is 11.5. The third-order valence-corrected chi connectivity index (χ3v) is 3.01. The van der Waals surface area contributed by atoms with Crippen LogP contribution in [0.2, 0.25) is 5.28 Å². The van der Waals surface area contributed by atoms with Gasteiger partial charge in [-0.2, -0.15) is 4.98 Å². The molecule has 0 spiro atoms. The van der Waals surface area contributed by atoms with E-state index < -0.39 is 0 Å². The van der Waals surface area contributed by atoms with Crippen molar-refractivity contribution in [1.82, 2.24) is 15.0 Å². The first-order valence-corrected chi connectivity index (χ1v) is 6.55. The predicted molar refractivity (Wildman–Crippen MR) is 78.3 cm³/mol. The van der Waals surface area contributed by atoms with Crippen molar-refractivity contribution in [3.05, 3.63) is 53.1 Å². The van der Waals surface area contributed by atoms with Gasteiger partial charge in [-0.1, -0.05) is 18.2 Å². The first-order chi connectivity index (χ1) is 9.61. The lowest BCUT2D eigenvalue weighted by molar-refractivity contribution is 0.465. The predicted octanol–water partition coefficient (Wildman–Crippen LogP) is 4.09. The fraction of sp³-hybridized carbons (Fsp3) is 0.133. The van der Waals surface area contributed by atoms with Crippen LogP contribution in [0, 0.1) is 13.8 Å². The van der Waals surface area contributed by atoms with Gasteiger partial charge in [0.2, 0.25) is 11.2 Å². The number of ether oxygens (including phenoxy) is 1. The second-order valence-corrected chi connectivity index (χ2v) is 4.84. The molecule has 0 aliphatic carbocycles. The number of hydrogen-bond donors (Lipinski definition) is 0. The van der Waals surface area contributed by atoms with E-state index in [1.807, 2.05) is 44.2 Å². The zero-order valence-electron chi connectivity index (χ0n) is 11.1. The number of halogens is 1. The maximum Gasteiger partial charge on any atom is 0.225 e. The molecule has 3 aromatic rings. The molecule has 0 N–H and O–H groups in total. The van der Waals surface area contributed by atoms with Gasteiger partial charge in [0, 0.05) is 22.8 Å². The largest absolute Gasteiger partial charge is 0.437 e. The van der Waals surface area contributed by atoms with Crippen molar-refractivity contribution in [2.75, 3.05) is 0 Å². The van der Waals surface area contributed by atoms with E-state index in [2.05, 4.69) is 15.0 Å². The summed E-state index contributed by atoms with van der Waals surface area (Å²) in [5.74, 6) is 1.07. The van der Waals surface area contributed by atoms with E-state index in [-0.39, 0.29) is 5.28 Å². The summed E-state index contributed by atoms with van der Waals surface area (Å²) in [6.07, 6.45) is 0. The average molecular weight is 286 g/mol. The molecule has 0 radical (unpaired) electrons. The topological polar surface area (TPSA) is 47.9 Å². The normalized spacial score (nSPS) is 10.8. The second-order valence-electron chi connectivity index (χ2n) is 4.50. The van der Waals surface area contributed by atoms with Gasteiger partial charge in [0.1, 0.15) is 5.52 Å². The van der Waals surface area contributed by atoms with Gasteiger partial charge in [-0.05, 0) is 37.6 Å². The highest BCUT2D eigenvalue weighted by Crippen LogP contribution is 2.28. The lowest BCUT2D eigenvalue weighted by Crippen LogP contribution is -1.94. The number of benzene rings is 1. The molecule has 0 saturated carbocycles. The molecule has 0 unspecified atom stereocenters. The van der Waals surface area contributed by atoms with Crippen LogP contribution in [0.25, 0.3) is 10.9 Å². The molecule has 100 valence electrons. The Hall–Kier alpha value is -2.20. The van der Waals surface area contributed by atoms with Gasteiger partial charge in [0.25, 0.3) is 0 Å². The van der Waals surface area contributed by atoms with Gasteiger partial charge in [-0.15, -0.1) is 0 Å². The minimum absolute atomic E-state index is 0.171. The van der Waals surface area contributed by atoms with E-state index >= 15 is 0 Å². The molecule has 2 aromatic heterocycles. The molecule has 20 heavy (non-hydrogen) atoms. The fourth-order valence-electron chi connectivity index (χ4n) is 1.97. The smallest absolute Gasteiger partial charge is 0.225 e. The lowest BCUT2D eigenvalue weighted by atomic mass is 10.2. The molecule has 0 amide bonds. The van der Waals surface area contributed by atoms with E-state index in [0.29, 0.717) is 11.6 Å². The van der Waals surface area contributed by atoms with E-state index in [0.717, 1.165) is 22.3 Å². The van der Waals surface area contributed by atoms with Crippen LogP contribution in [0.3, 0.4) is 0 Å². The molecule has 3 rings (SSSR count). The monoisotopic (exact) mass is 285 g/mol. The van der Waals surface area contributed by atoms with E-state index in [4.69, 9.17) is 16.3 Å². The van der Waals surface area contributed by atoms with Crippen molar-refractivity contribution in [2.24, 2.45) is 0 Å². The Balaban J connectivity index is 2.08. The Morgan fingerprint density at radius 2 is 1.80 bits per heavy atom. The highest BCUT2D eigenvalue weighted by molar-refractivity contribution is 6.28. The van der Waals surface area contributed by atoms with E-state index in [1.54, 1.807) is 6.07 Å². The number of para-hydroxylation sites is 1. The molecular formula is C15H12ClN3O. The third-order valence-electron chi connectivity index (χ3n) is 2.84. The third kappa shape index (κ3) is 2.56. The first-order valence-electron chi connectivity index (χ1n) is 6.17. The van der Waals surface area contributed by atoms with Gasteiger partial charge in [0.05, 0.1) is 0 Å². The Morgan fingerprint density at radius 3 is 2.60 bits per heavy atom. The molecule has 1 aromatic carbocycles. The number of nitrogens with zero attached hydrogens (tertiary/aromatic N) is 3. The highest BCUT2D eigenvalue weighted by Gasteiger charge is 2.07. The van der Waals surface area contributed by atoms with Gasteiger partial charge in [0.15, 0.2) is 5.75 Å². The summed E-state index contributed by atoms with van der Waals surface area (Å²) < 4.78 is 5.81. The lowest BCUT2D eigenvalue weighted by Gasteiger charge is -2.08. The van der Waals surface area contributed by atoms with Crippen molar-refractivity contribution >= 4 is 22.5 Å². The molecule has 0 aliphatic rings. The molecule has 4 nitrogen and oxygen atoms in total. The van der Waals surface area contributed by atoms with Crippen molar-refractivity contribution < 1.29 is 4.74 Å². The van der Waals surface area contributed by atoms with Crippen molar-refractivity contribution in [2.45, 2.75) is 13.8 Å². The Bertz CT molecular complexity index is 769. The molecule has 0 aliphatic heterocycles. The molecule has 5 heteroatoms. The minimum atomic E-state index is 0.171. The number of pyridine rings is 1. The van der Waals surface area contributed by atoms with Crippen LogP contribution in [-0.2, 0) is 0 Å². The van der Waals surface area contributed by atoms with Crippen LogP contribution < -0.4 is 4.74 Å². The van der Waals surface area contributed by atoms with E-state index in [1.165, 1.54) is 0 Å². The van der Waals surface area contributed by atoms with Crippen LogP contribution >= 0.6 is 11.6 Å². The SMILES string of the molecule is Cc1cc(Oc2cccc3ccc(C)nc23)nc(Cl)n1. The molecule has 0 atom stereocenters. The Morgan fingerprint density at radius 1 is 0.950 bits per heavy atom. The first kappa shape index (κ1) is 12.8. The maximum absolute atomic E-state index is 5.84. The average Bonchev–Trinajstić information content (AvgIpc) is 2.38. The standard InChI is InChI=1S/C15H12ClN3O/c1-9-6-7-11-4-3-5-12(14(11)17-9)20-13-8-10(2)18-15(16)19-13/h3-8H,1-2H3. The molecular weight excluding hydrogens is 274 g/mol. The van der Waals surface area contributed by atoms with Crippen molar-refractivity contribution in [3.8, 4) is 11.6 Å². The van der Waals surface area contributed by atoms with Crippen LogP contribution in [0.4, 0.5) is 0 Å². The zero-order chi connectivity index (χ0) is 14.1. The van der Waals surface area contributed by atoms with Gasteiger partial charge in [-0.25, -0.2) is 9.97 Å². The fourth-order valence-corrected chi connectivity index (χ4v) is 2.19. The number of aromatic nitrogens is 3. The summed E-state index contributed by atoms with van der Waals surface area (Å²) in [6.45, 7) is 3.79. The molecule has 2 heterocycles. The highest BCUT2D eigenvalue weighted by atomic mass is 35.5. The van der Waals surface area contributed by atoms with E-state index in [9.17, 15) is 0 Å². The number of hydrogen-bond acceptors (Lipinski definition) is 4. The number of fused-ring (bicyclic) bond motifs is 1. The zero-order valence-corrected chi connectivity index (χ0v) is 11.8. The number of aryl methyl sites for hydroxylation is 2. The van der Waals surface area contributed by atoms with Crippen LogP contribution in [0.15, 0.2) is 36.4 Å². The summed E-state index contributed by atoms with van der Waals surface area (Å²) in [5, 5.41) is 1.19. The van der Waals surface area contributed by atoms with Crippen LogP contribution in [-0.4, -0.2) is 15.0 Å². The van der Waals surface area contributed by atoms with Crippen LogP contribution in [0.1, 0.15) is 11.4 Å². The van der Waals surface area contributed by atoms with Crippen molar-refractivity contribution in [3.63, 3.8) is 0 Å². The summed E-state index contributed by atoms with van der Waals surface area (Å²) in [4.78, 5) is 12.6. The quantitative estimate of drug-likeness (QED) is 0.666. The minimum Gasteiger partial charge on any atom is -0.437 e. The summed E-state index contributed by atoms with van der Waals surface area (Å²) in [5.41, 5.74) is 2.50. The van der Waals surface area contributed by atoms with Gasteiger partial charge >= 0.3 is 0 Å².